The summed E-state index contributed by atoms with van der Waals surface area (Å²) in [5.41, 5.74) is 4.28. The summed E-state index contributed by atoms with van der Waals surface area (Å²) in [7, 11) is 1.69. The number of benzene rings is 2. The van der Waals surface area contributed by atoms with Crippen LogP contribution in [0, 0.1) is 13.8 Å². The molecule has 0 saturated carbocycles. The van der Waals surface area contributed by atoms with E-state index >= 15 is 0 Å². The van der Waals surface area contributed by atoms with Gasteiger partial charge in [0.1, 0.15) is 18.2 Å². The number of nitrogens with zero attached hydrogens (tertiary/aromatic N) is 2. The third-order valence-electron chi connectivity index (χ3n) is 4.22. The Morgan fingerprint density at radius 1 is 1.17 bits per heavy atom. The molecule has 0 radical (unpaired) electrons. The molecule has 5 heteroatoms. The maximum Gasteiger partial charge on any atom is 0.148 e. The summed E-state index contributed by atoms with van der Waals surface area (Å²) >= 11 is 6.14. The predicted molar refractivity (Wildman–Crippen MR) is 96.9 cm³/mol. The molecule has 0 aliphatic rings. The first-order chi connectivity index (χ1) is 11.6. The third-order valence-corrected chi connectivity index (χ3v) is 4.46. The van der Waals surface area contributed by atoms with Crippen molar-refractivity contribution in [3.05, 3.63) is 58.4 Å². The molecule has 24 heavy (non-hydrogen) atoms. The number of imidazole rings is 1. The number of aryl methyl sites for hydroxylation is 1. The molecule has 0 N–H and O–H groups in total. The minimum atomic E-state index is 0.403. The largest absolute Gasteiger partial charge is 0.485 e. The third kappa shape index (κ3) is 3.40. The first-order valence-corrected chi connectivity index (χ1v) is 8.30. The van der Waals surface area contributed by atoms with Gasteiger partial charge in [0.15, 0.2) is 0 Å². The second kappa shape index (κ2) is 7.24. The second-order valence-electron chi connectivity index (χ2n) is 5.79. The normalized spacial score (nSPS) is 11.2. The molecule has 2 aromatic carbocycles. The molecule has 0 amide bonds. The zero-order valence-corrected chi connectivity index (χ0v) is 14.9. The number of hydrogen-bond acceptors (Lipinski definition) is 3. The van der Waals surface area contributed by atoms with Gasteiger partial charge in [-0.25, -0.2) is 4.98 Å². The van der Waals surface area contributed by atoms with E-state index in [2.05, 4.69) is 24.5 Å². The highest BCUT2D eigenvalue weighted by molar-refractivity contribution is 6.31. The molecule has 0 bridgehead atoms. The van der Waals surface area contributed by atoms with Crippen LogP contribution in [0.25, 0.3) is 11.0 Å². The van der Waals surface area contributed by atoms with Gasteiger partial charge in [-0.3, -0.25) is 0 Å². The average Bonchev–Trinajstić information content (AvgIpc) is 2.91. The van der Waals surface area contributed by atoms with Gasteiger partial charge >= 0.3 is 0 Å². The number of fused-ring (bicyclic) bond motifs is 1. The van der Waals surface area contributed by atoms with Crippen molar-refractivity contribution in [3.8, 4) is 5.75 Å². The van der Waals surface area contributed by atoms with Gasteiger partial charge in [0.2, 0.25) is 0 Å². The molecule has 3 rings (SSSR count). The van der Waals surface area contributed by atoms with Crippen molar-refractivity contribution in [1.82, 2.24) is 9.55 Å². The molecule has 0 unspecified atom stereocenters. The van der Waals surface area contributed by atoms with Crippen molar-refractivity contribution in [2.24, 2.45) is 0 Å². The van der Waals surface area contributed by atoms with Crippen LogP contribution >= 0.6 is 11.6 Å². The summed E-state index contributed by atoms with van der Waals surface area (Å²) in [6.45, 7) is 5.87. The molecule has 1 heterocycles. The molecule has 4 nitrogen and oxygen atoms in total. The van der Waals surface area contributed by atoms with Gasteiger partial charge in [-0.1, -0.05) is 23.7 Å². The van der Waals surface area contributed by atoms with Crippen LogP contribution in [0.4, 0.5) is 0 Å². The van der Waals surface area contributed by atoms with E-state index in [1.54, 1.807) is 7.11 Å². The molecule has 0 aliphatic heterocycles. The van der Waals surface area contributed by atoms with Gasteiger partial charge in [-0.2, -0.15) is 0 Å². The van der Waals surface area contributed by atoms with E-state index in [4.69, 9.17) is 26.1 Å². The summed E-state index contributed by atoms with van der Waals surface area (Å²) in [5, 5.41) is 0.697. The molecule has 1 aromatic heterocycles. The minimum Gasteiger partial charge on any atom is -0.485 e. The van der Waals surface area contributed by atoms with Crippen molar-refractivity contribution in [2.45, 2.75) is 27.0 Å². The zero-order valence-electron chi connectivity index (χ0n) is 14.2. The lowest BCUT2D eigenvalue weighted by atomic mass is 10.1. The fourth-order valence-corrected chi connectivity index (χ4v) is 2.88. The number of methoxy groups -OCH3 is 1. The number of hydrogen-bond donors (Lipinski definition) is 0. The van der Waals surface area contributed by atoms with E-state index in [9.17, 15) is 0 Å². The Kier molecular flexibility index (Phi) is 5.07. The van der Waals surface area contributed by atoms with Gasteiger partial charge in [-0.15, -0.1) is 0 Å². The summed E-state index contributed by atoms with van der Waals surface area (Å²) in [5.74, 6) is 1.75. The van der Waals surface area contributed by atoms with Gasteiger partial charge in [0, 0.05) is 18.7 Å². The Bertz CT molecular complexity index is 858. The maximum absolute atomic E-state index is 6.14. The topological polar surface area (TPSA) is 36.3 Å². The van der Waals surface area contributed by atoms with Crippen LogP contribution in [0.2, 0.25) is 5.02 Å². The van der Waals surface area contributed by atoms with Crippen LogP contribution < -0.4 is 4.74 Å². The summed E-state index contributed by atoms with van der Waals surface area (Å²) in [4.78, 5) is 4.70. The van der Waals surface area contributed by atoms with Crippen LogP contribution in [0.15, 0.2) is 36.4 Å². The Labute approximate surface area is 147 Å². The lowest BCUT2D eigenvalue weighted by Crippen LogP contribution is -2.11. The molecular formula is C19H21ClN2O2. The molecule has 0 atom stereocenters. The Morgan fingerprint density at radius 3 is 2.79 bits per heavy atom. The van der Waals surface area contributed by atoms with Crippen molar-refractivity contribution >= 4 is 22.6 Å². The van der Waals surface area contributed by atoms with Gasteiger partial charge in [0.25, 0.3) is 0 Å². The average molecular weight is 345 g/mol. The standard InChI is InChI=1S/C19H21ClN2O2/c1-13-5-4-6-18(14(13)2)24-12-19-21-16-8-7-15(20)11-17(16)22(19)9-10-23-3/h4-8,11H,9-10,12H2,1-3H3. The summed E-state index contributed by atoms with van der Waals surface area (Å²) in [6.07, 6.45) is 0. The predicted octanol–water partition coefficient (Wildman–Crippen LogP) is 4.53. The van der Waals surface area contributed by atoms with E-state index in [-0.39, 0.29) is 0 Å². The molecular weight excluding hydrogens is 324 g/mol. The fraction of sp³-hybridized carbons (Fsp3) is 0.316. The van der Waals surface area contributed by atoms with Crippen molar-refractivity contribution in [1.29, 1.82) is 0 Å². The van der Waals surface area contributed by atoms with E-state index < -0.39 is 0 Å². The highest BCUT2D eigenvalue weighted by atomic mass is 35.5. The minimum absolute atomic E-state index is 0.403. The number of rotatable bonds is 6. The maximum atomic E-state index is 6.14. The molecule has 0 saturated heterocycles. The quantitative estimate of drug-likeness (QED) is 0.659. The van der Waals surface area contributed by atoms with Crippen LogP contribution in [0.5, 0.6) is 5.75 Å². The highest BCUT2D eigenvalue weighted by Gasteiger charge is 2.12. The number of aromatic nitrogens is 2. The van der Waals surface area contributed by atoms with Crippen LogP contribution in [0.1, 0.15) is 17.0 Å². The van der Waals surface area contributed by atoms with Gasteiger partial charge in [-0.05, 0) is 49.2 Å². The number of halogens is 1. The van der Waals surface area contributed by atoms with E-state index in [0.29, 0.717) is 24.8 Å². The summed E-state index contributed by atoms with van der Waals surface area (Å²) in [6, 6.07) is 11.8. The Hall–Kier alpha value is -2.04. The Balaban J connectivity index is 1.91. The monoisotopic (exact) mass is 344 g/mol. The molecule has 0 aliphatic carbocycles. The zero-order chi connectivity index (χ0) is 17.1. The first-order valence-electron chi connectivity index (χ1n) is 7.92. The molecule has 3 aromatic rings. The van der Waals surface area contributed by atoms with Crippen molar-refractivity contribution in [3.63, 3.8) is 0 Å². The SMILES string of the molecule is COCCn1c(COc2cccc(C)c2C)nc2ccc(Cl)cc21. The fourth-order valence-electron chi connectivity index (χ4n) is 2.71. The van der Waals surface area contributed by atoms with Gasteiger partial charge < -0.3 is 14.0 Å². The molecule has 0 spiro atoms. The van der Waals surface area contributed by atoms with Crippen LogP contribution in [0.3, 0.4) is 0 Å². The lowest BCUT2D eigenvalue weighted by molar-refractivity contribution is 0.185. The van der Waals surface area contributed by atoms with Crippen LogP contribution in [-0.4, -0.2) is 23.3 Å². The van der Waals surface area contributed by atoms with E-state index in [1.807, 2.05) is 30.3 Å². The molecule has 126 valence electrons. The first kappa shape index (κ1) is 16.8. The van der Waals surface area contributed by atoms with E-state index in [1.165, 1.54) is 5.56 Å². The summed E-state index contributed by atoms with van der Waals surface area (Å²) < 4.78 is 13.4. The lowest BCUT2D eigenvalue weighted by Gasteiger charge is -2.12. The van der Waals surface area contributed by atoms with Crippen molar-refractivity contribution in [2.75, 3.05) is 13.7 Å². The Morgan fingerprint density at radius 2 is 2.00 bits per heavy atom. The smallest absolute Gasteiger partial charge is 0.148 e. The highest BCUT2D eigenvalue weighted by Crippen LogP contribution is 2.24. The van der Waals surface area contributed by atoms with Crippen molar-refractivity contribution < 1.29 is 9.47 Å². The number of ether oxygens (including phenoxy) is 2. The van der Waals surface area contributed by atoms with Crippen LogP contribution in [-0.2, 0) is 17.9 Å². The van der Waals surface area contributed by atoms with E-state index in [0.717, 1.165) is 28.2 Å². The second-order valence-corrected chi connectivity index (χ2v) is 6.23. The van der Waals surface area contributed by atoms with Gasteiger partial charge in [0.05, 0.1) is 17.6 Å². The molecule has 0 fully saturated rings.